The van der Waals surface area contributed by atoms with Crippen LogP contribution in [-0.4, -0.2) is 33.3 Å². The van der Waals surface area contributed by atoms with Crippen LogP contribution in [0.5, 0.6) is 5.75 Å². The van der Waals surface area contributed by atoms with Gasteiger partial charge in [0.25, 0.3) is 0 Å². The summed E-state index contributed by atoms with van der Waals surface area (Å²) >= 11 is 6.87. The molecule has 2 aromatic rings. The maximum absolute atomic E-state index is 12.7. The van der Waals surface area contributed by atoms with Crippen molar-refractivity contribution in [2.75, 3.05) is 13.7 Å². The highest BCUT2D eigenvalue weighted by Gasteiger charge is 2.28. The number of aliphatic hydroxyl groups excluding tert-OH is 1. The van der Waals surface area contributed by atoms with Crippen molar-refractivity contribution in [2.45, 2.75) is 48.8 Å². The third-order valence-corrected chi connectivity index (χ3v) is 7.68. The summed E-state index contributed by atoms with van der Waals surface area (Å²) in [4.78, 5) is 0. The summed E-state index contributed by atoms with van der Waals surface area (Å²) < 4.78 is 33.8. The summed E-state index contributed by atoms with van der Waals surface area (Å²) in [7, 11) is -2.15. The van der Waals surface area contributed by atoms with Crippen molar-refractivity contribution in [3.05, 3.63) is 46.3 Å². The highest BCUT2D eigenvalue weighted by molar-refractivity contribution is 7.91. The normalized spacial score (nSPS) is 14.1. The Morgan fingerprint density at radius 3 is 2.41 bits per heavy atom. The molecule has 0 aliphatic heterocycles. The Labute approximate surface area is 170 Å². The van der Waals surface area contributed by atoms with Crippen molar-refractivity contribution in [3.63, 3.8) is 0 Å². The van der Waals surface area contributed by atoms with E-state index in [1.807, 2.05) is 24.3 Å². The fourth-order valence-corrected chi connectivity index (χ4v) is 5.78. The molecule has 27 heavy (non-hydrogen) atoms. The van der Waals surface area contributed by atoms with Crippen molar-refractivity contribution in [1.82, 2.24) is 4.72 Å². The first-order chi connectivity index (χ1) is 12.9. The van der Waals surface area contributed by atoms with Gasteiger partial charge in [0.1, 0.15) is 9.96 Å². The minimum Gasteiger partial charge on any atom is -0.497 e. The molecule has 1 aromatic carbocycles. The number of benzene rings is 1. The highest BCUT2D eigenvalue weighted by Crippen LogP contribution is 2.30. The molecular weight excluding hydrogens is 406 g/mol. The van der Waals surface area contributed by atoms with E-state index in [1.54, 1.807) is 13.2 Å². The largest absolute Gasteiger partial charge is 0.497 e. The minimum absolute atomic E-state index is 0.141. The first-order valence-electron chi connectivity index (χ1n) is 8.93. The summed E-state index contributed by atoms with van der Waals surface area (Å²) in [5, 5.41) is 9.96. The van der Waals surface area contributed by atoms with Crippen LogP contribution in [0.2, 0.25) is 4.34 Å². The number of sulfonamides is 1. The van der Waals surface area contributed by atoms with E-state index >= 15 is 0 Å². The van der Waals surface area contributed by atoms with E-state index in [9.17, 15) is 13.5 Å². The second kappa shape index (κ2) is 10.4. The molecule has 150 valence electrons. The van der Waals surface area contributed by atoms with Crippen LogP contribution >= 0.6 is 22.9 Å². The van der Waals surface area contributed by atoms with Crippen LogP contribution in [0.4, 0.5) is 0 Å². The smallest absolute Gasteiger partial charge is 0.250 e. The van der Waals surface area contributed by atoms with Gasteiger partial charge in [-0.1, -0.05) is 49.9 Å². The standard InChI is InChI=1S/C19H26ClNO4S2/c1-3-4-5-6-16(14-7-9-15(25-2)10-8-14)17(13-22)21-27(23,24)19-12-11-18(20)26-19/h7-12,16-17,21-22H,3-6,13H2,1-2H3/t16-,17-/m1/s1. The number of halogens is 1. The van der Waals surface area contributed by atoms with Crippen molar-refractivity contribution in [1.29, 1.82) is 0 Å². The summed E-state index contributed by atoms with van der Waals surface area (Å²) in [6, 6.07) is 9.96. The fraction of sp³-hybridized carbons (Fsp3) is 0.474. The second-order valence-electron chi connectivity index (χ2n) is 6.34. The lowest BCUT2D eigenvalue weighted by atomic mass is 9.87. The van der Waals surface area contributed by atoms with E-state index in [1.165, 1.54) is 6.07 Å². The van der Waals surface area contributed by atoms with Crippen molar-refractivity contribution in [2.24, 2.45) is 0 Å². The quantitative estimate of drug-likeness (QED) is 0.516. The van der Waals surface area contributed by atoms with Crippen molar-refractivity contribution >= 4 is 33.0 Å². The van der Waals surface area contributed by atoms with Gasteiger partial charge in [0.05, 0.1) is 24.1 Å². The molecule has 0 aliphatic rings. The van der Waals surface area contributed by atoms with Crippen molar-refractivity contribution in [3.8, 4) is 5.75 Å². The number of nitrogens with one attached hydrogen (secondary N) is 1. The average molecular weight is 432 g/mol. The molecule has 0 aliphatic carbocycles. The predicted molar refractivity (Wildman–Crippen MR) is 110 cm³/mol. The summed E-state index contributed by atoms with van der Waals surface area (Å²) in [6.45, 7) is 1.83. The van der Waals surface area contributed by atoms with Crippen LogP contribution in [0.1, 0.15) is 44.1 Å². The lowest BCUT2D eigenvalue weighted by Gasteiger charge is -2.27. The van der Waals surface area contributed by atoms with Gasteiger partial charge in [-0.05, 0) is 36.2 Å². The molecule has 1 aromatic heterocycles. The third-order valence-electron chi connectivity index (χ3n) is 4.46. The lowest BCUT2D eigenvalue weighted by molar-refractivity contribution is 0.233. The van der Waals surface area contributed by atoms with Crippen LogP contribution in [-0.2, 0) is 10.0 Å². The van der Waals surface area contributed by atoms with Gasteiger partial charge in [0.2, 0.25) is 10.0 Å². The average Bonchev–Trinajstić information content (AvgIpc) is 3.11. The summed E-state index contributed by atoms with van der Waals surface area (Å²) in [5.41, 5.74) is 0.970. The van der Waals surface area contributed by atoms with Gasteiger partial charge in [-0.3, -0.25) is 0 Å². The zero-order valence-electron chi connectivity index (χ0n) is 15.5. The zero-order chi connectivity index (χ0) is 19.9. The van der Waals surface area contributed by atoms with E-state index in [2.05, 4.69) is 11.6 Å². The summed E-state index contributed by atoms with van der Waals surface area (Å²) in [6.07, 6.45) is 3.85. The second-order valence-corrected chi connectivity index (χ2v) is 10.0. The highest BCUT2D eigenvalue weighted by atomic mass is 35.5. The van der Waals surface area contributed by atoms with E-state index in [-0.39, 0.29) is 16.7 Å². The molecule has 5 nitrogen and oxygen atoms in total. The van der Waals surface area contributed by atoms with E-state index in [0.29, 0.717) is 4.34 Å². The van der Waals surface area contributed by atoms with Gasteiger partial charge in [0.15, 0.2) is 0 Å². The molecule has 0 radical (unpaired) electrons. The predicted octanol–water partition coefficient (Wildman–Crippen LogP) is 4.41. The monoisotopic (exact) mass is 431 g/mol. The number of hydrogen-bond acceptors (Lipinski definition) is 5. The Kier molecular flexibility index (Phi) is 8.57. The number of ether oxygens (including phenoxy) is 1. The molecule has 0 spiro atoms. The van der Waals surface area contributed by atoms with E-state index in [0.717, 1.165) is 48.3 Å². The number of methoxy groups -OCH3 is 1. The molecule has 0 amide bonds. The van der Waals surface area contributed by atoms with Crippen LogP contribution < -0.4 is 9.46 Å². The molecular formula is C19H26ClNO4S2. The van der Waals surface area contributed by atoms with Gasteiger partial charge in [0, 0.05) is 5.92 Å². The Hall–Kier alpha value is -1.12. The number of aliphatic hydroxyl groups is 1. The molecule has 8 heteroatoms. The van der Waals surface area contributed by atoms with Gasteiger partial charge < -0.3 is 9.84 Å². The lowest BCUT2D eigenvalue weighted by Crippen LogP contribution is -2.41. The molecule has 0 bridgehead atoms. The number of rotatable bonds is 11. The zero-order valence-corrected chi connectivity index (χ0v) is 17.9. The maximum atomic E-state index is 12.7. The first-order valence-corrected chi connectivity index (χ1v) is 11.6. The van der Waals surface area contributed by atoms with Gasteiger partial charge in [-0.2, -0.15) is 0 Å². The Morgan fingerprint density at radius 1 is 1.19 bits per heavy atom. The van der Waals surface area contributed by atoms with Gasteiger partial charge in [-0.15, -0.1) is 11.3 Å². The van der Waals surface area contributed by atoms with Gasteiger partial charge >= 0.3 is 0 Å². The molecule has 0 unspecified atom stereocenters. The molecule has 0 saturated carbocycles. The maximum Gasteiger partial charge on any atom is 0.250 e. The Balaban J connectivity index is 2.26. The Morgan fingerprint density at radius 2 is 1.89 bits per heavy atom. The molecule has 2 rings (SSSR count). The SMILES string of the molecule is CCCCC[C@H](c1ccc(OC)cc1)[C@@H](CO)NS(=O)(=O)c1ccc(Cl)s1. The molecule has 0 fully saturated rings. The van der Waals surface area contributed by atoms with Crippen LogP contribution in [0.25, 0.3) is 0 Å². The summed E-state index contributed by atoms with van der Waals surface area (Å²) in [5.74, 6) is 0.595. The third kappa shape index (κ3) is 6.19. The van der Waals surface area contributed by atoms with E-state index in [4.69, 9.17) is 16.3 Å². The Bertz CT molecular complexity index is 805. The van der Waals surface area contributed by atoms with Gasteiger partial charge in [-0.25, -0.2) is 13.1 Å². The molecule has 2 N–H and O–H groups in total. The topological polar surface area (TPSA) is 75.6 Å². The van der Waals surface area contributed by atoms with Crippen LogP contribution in [0.15, 0.2) is 40.6 Å². The first kappa shape index (κ1) is 22.2. The number of hydrogen-bond donors (Lipinski definition) is 2. The number of unbranched alkanes of at least 4 members (excludes halogenated alkanes) is 2. The fourth-order valence-electron chi connectivity index (χ4n) is 3.01. The van der Waals surface area contributed by atoms with Crippen molar-refractivity contribution < 1.29 is 18.3 Å². The van der Waals surface area contributed by atoms with Crippen LogP contribution in [0.3, 0.4) is 0 Å². The van der Waals surface area contributed by atoms with Crippen LogP contribution in [0, 0.1) is 0 Å². The molecule has 2 atom stereocenters. The number of thiophene rings is 1. The molecule has 0 saturated heterocycles. The molecule has 1 heterocycles. The minimum atomic E-state index is -3.75. The van der Waals surface area contributed by atoms with E-state index < -0.39 is 16.1 Å².